The number of alkyl halides is 3. The van der Waals surface area contributed by atoms with Gasteiger partial charge in [0.15, 0.2) is 15.0 Å². The van der Waals surface area contributed by atoms with Gasteiger partial charge in [-0.25, -0.2) is 8.42 Å². The Morgan fingerprint density at radius 3 is 2.55 bits per heavy atom. The zero-order valence-electron chi connectivity index (χ0n) is 15.7. The van der Waals surface area contributed by atoms with E-state index in [-0.39, 0.29) is 28.4 Å². The van der Waals surface area contributed by atoms with Crippen molar-refractivity contribution in [3.05, 3.63) is 24.3 Å². The highest BCUT2D eigenvalue weighted by molar-refractivity contribution is 8.16. The number of ether oxygens (including phenoxy) is 1. The van der Waals surface area contributed by atoms with Gasteiger partial charge in [-0.1, -0.05) is 31.5 Å². The Balaban J connectivity index is 1.85. The van der Waals surface area contributed by atoms with E-state index in [4.69, 9.17) is 0 Å². The first kappa shape index (κ1) is 21.9. The van der Waals surface area contributed by atoms with Crippen LogP contribution in [0.2, 0.25) is 0 Å². The lowest BCUT2D eigenvalue weighted by Crippen LogP contribution is -2.37. The van der Waals surface area contributed by atoms with Crippen molar-refractivity contribution in [3.8, 4) is 5.75 Å². The van der Waals surface area contributed by atoms with Gasteiger partial charge in [-0.2, -0.15) is 4.99 Å². The molecular formula is C18H21F3N2O4S2. The number of carbonyl (C=O) groups is 1. The lowest BCUT2D eigenvalue weighted by Gasteiger charge is -2.24. The van der Waals surface area contributed by atoms with Crippen molar-refractivity contribution < 1.29 is 31.1 Å². The second kappa shape index (κ2) is 8.55. The largest absolute Gasteiger partial charge is 0.573 e. The monoisotopic (exact) mass is 450 g/mol. The van der Waals surface area contributed by atoms with Crippen molar-refractivity contribution in [2.75, 3.05) is 16.4 Å². The van der Waals surface area contributed by atoms with E-state index in [2.05, 4.69) is 9.73 Å². The summed E-state index contributed by atoms with van der Waals surface area (Å²) < 4.78 is 65.1. The maximum absolute atomic E-state index is 12.4. The number of amidine groups is 1. The Morgan fingerprint density at radius 2 is 1.93 bits per heavy atom. The molecule has 0 saturated carbocycles. The van der Waals surface area contributed by atoms with Gasteiger partial charge in [-0.05, 0) is 30.7 Å². The Kier molecular flexibility index (Phi) is 6.47. The molecule has 0 bridgehead atoms. The number of hydrogen-bond acceptors (Lipinski definition) is 5. The van der Waals surface area contributed by atoms with Crippen LogP contribution < -0.4 is 9.64 Å². The molecule has 2 saturated heterocycles. The maximum atomic E-state index is 12.4. The highest BCUT2D eigenvalue weighted by atomic mass is 32.2. The molecule has 0 spiro atoms. The summed E-state index contributed by atoms with van der Waals surface area (Å²) in [6.07, 6.45) is -1.89. The lowest BCUT2D eigenvalue weighted by atomic mass is 10.2. The smallest absolute Gasteiger partial charge is 0.406 e. The fourth-order valence-corrected chi connectivity index (χ4v) is 7.29. The molecule has 0 N–H and O–H groups in total. The maximum Gasteiger partial charge on any atom is 0.573 e. The zero-order chi connectivity index (χ0) is 21.2. The van der Waals surface area contributed by atoms with Crippen molar-refractivity contribution in [2.45, 2.75) is 50.3 Å². The second-order valence-electron chi connectivity index (χ2n) is 6.96. The number of aliphatic imine (C=N–C) groups is 1. The molecule has 0 radical (unpaired) electrons. The standard InChI is InChI=1S/C18H21F3N2O4S2/c1-2-3-4-5-16(24)22-17-23(14-10-29(25,26)11-15(14)28-17)12-6-8-13(9-7-12)27-18(19,20)21/h6-9,14-15H,2-5,10-11H2,1H3. The number of halogens is 3. The molecule has 1 aromatic carbocycles. The van der Waals surface area contributed by atoms with Crippen LogP contribution >= 0.6 is 11.8 Å². The van der Waals surface area contributed by atoms with Crippen LogP contribution in [0.5, 0.6) is 5.75 Å². The number of anilines is 1. The number of rotatable bonds is 6. The average Bonchev–Trinajstić information content (AvgIpc) is 3.05. The van der Waals surface area contributed by atoms with Crippen LogP contribution in [0.1, 0.15) is 32.6 Å². The van der Waals surface area contributed by atoms with Crippen molar-refractivity contribution in [1.82, 2.24) is 0 Å². The quantitative estimate of drug-likeness (QED) is 0.615. The van der Waals surface area contributed by atoms with Gasteiger partial charge in [0.25, 0.3) is 0 Å². The molecule has 29 heavy (non-hydrogen) atoms. The summed E-state index contributed by atoms with van der Waals surface area (Å²) >= 11 is 1.23. The number of hydrogen-bond donors (Lipinski definition) is 0. The van der Waals surface area contributed by atoms with Crippen LogP contribution in [0, 0.1) is 0 Å². The molecule has 1 aromatic rings. The summed E-state index contributed by atoms with van der Waals surface area (Å²) in [5, 5.41) is 0.120. The molecule has 2 aliphatic rings. The van der Waals surface area contributed by atoms with Crippen LogP contribution in [0.15, 0.2) is 29.3 Å². The van der Waals surface area contributed by atoms with E-state index < -0.39 is 22.2 Å². The number of benzene rings is 1. The molecular weight excluding hydrogens is 429 g/mol. The molecule has 2 heterocycles. The molecule has 0 aliphatic carbocycles. The first-order chi connectivity index (χ1) is 13.6. The van der Waals surface area contributed by atoms with Gasteiger partial charge >= 0.3 is 6.36 Å². The second-order valence-corrected chi connectivity index (χ2v) is 10.3. The minimum Gasteiger partial charge on any atom is -0.406 e. The predicted octanol–water partition coefficient (Wildman–Crippen LogP) is 3.77. The van der Waals surface area contributed by atoms with Crippen LogP contribution in [-0.4, -0.2) is 48.7 Å². The third-order valence-corrected chi connectivity index (χ3v) is 7.84. The van der Waals surface area contributed by atoms with Crippen LogP contribution in [0.3, 0.4) is 0 Å². The number of thioether (sulfide) groups is 1. The zero-order valence-corrected chi connectivity index (χ0v) is 17.3. The molecule has 3 rings (SSSR count). The van der Waals surface area contributed by atoms with E-state index in [1.54, 1.807) is 4.90 Å². The number of amides is 1. The van der Waals surface area contributed by atoms with Crippen molar-refractivity contribution in [1.29, 1.82) is 0 Å². The van der Waals surface area contributed by atoms with E-state index >= 15 is 0 Å². The first-order valence-electron chi connectivity index (χ1n) is 9.21. The minimum absolute atomic E-state index is 0.0167. The summed E-state index contributed by atoms with van der Waals surface area (Å²) in [6, 6.07) is 4.72. The average molecular weight is 451 g/mol. The van der Waals surface area contributed by atoms with Gasteiger partial charge in [0.1, 0.15) is 5.75 Å². The lowest BCUT2D eigenvalue weighted by molar-refractivity contribution is -0.274. The summed E-state index contributed by atoms with van der Waals surface area (Å²) in [5.74, 6) is -0.769. The number of carbonyl (C=O) groups excluding carboxylic acids is 1. The van der Waals surface area contributed by atoms with Crippen molar-refractivity contribution in [3.63, 3.8) is 0 Å². The van der Waals surface area contributed by atoms with Gasteiger partial charge in [0.05, 0.1) is 17.5 Å². The van der Waals surface area contributed by atoms with Gasteiger partial charge in [-0.15, -0.1) is 13.2 Å². The topological polar surface area (TPSA) is 76.0 Å². The van der Waals surface area contributed by atoms with Crippen molar-refractivity contribution in [2.24, 2.45) is 4.99 Å². The van der Waals surface area contributed by atoms with Crippen LogP contribution in [0.25, 0.3) is 0 Å². The summed E-state index contributed by atoms with van der Waals surface area (Å²) in [4.78, 5) is 18.0. The van der Waals surface area contributed by atoms with E-state index in [9.17, 15) is 26.4 Å². The SMILES string of the molecule is CCCCCC(=O)N=C1SC2CS(=O)(=O)CC2N1c1ccc(OC(F)(F)F)cc1. The molecule has 6 nitrogen and oxygen atoms in total. The fourth-order valence-electron chi connectivity index (χ4n) is 3.36. The first-order valence-corrected chi connectivity index (χ1v) is 11.9. The molecule has 1 amide bonds. The molecule has 160 valence electrons. The molecule has 2 unspecified atom stereocenters. The Morgan fingerprint density at radius 1 is 1.24 bits per heavy atom. The highest BCUT2D eigenvalue weighted by Gasteiger charge is 2.49. The van der Waals surface area contributed by atoms with Gasteiger partial charge in [0.2, 0.25) is 5.91 Å². The summed E-state index contributed by atoms with van der Waals surface area (Å²) in [5.41, 5.74) is 0.469. The summed E-state index contributed by atoms with van der Waals surface area (Å²) in [6.45, 7) is 2.03. The van der Waals surface area contributed by atoms with E-state index in [1.165, 1.54) is 23.9 Å². The number of nitrogens with zero attached hydrogens (tertiary/aromatic N) is 2. The third-order valence-electron chi connectivity index (χ3n) is 4.63. The summed E-state index contributed by atoms with van der Waals surface area (Å²) in [7, 11) is -3.22. The molecule has 11 heteroatoms. The van der Waals surface area contributed by atoms with Gasteiger partial charge < -0.3 is 9.64 Å². The van der Waals surface area contributed by atoms with E-state index in [1.807, 2.05) is 6.92 Å². The van der Waals surface area contributed by atoms with Gasteiger partial charge in [0, 0.05) is 17.4 Å². The highest BCUT2D eigenvalue weighted by Crippen LogP contribution is 2.41. The Bertz CT molecular complexity index is 885. The van der Waals surface area contributed by atoms with Crippen LogP contribution in [-0.2, 0) is 14.6 Å². The molecule has 0 aromatic heterocycles. The van der Waals surface area contributed by atoms with Crippen LogP contribution in [0.4, 0.5) is 18.9 Å². The van der Waals surface area contributed by atoms with E-state index in [0.29, 0.717) is 17.3 Å². The fraction of sp³-hybridized carbons (Fsp3) is 0.556. The van der Waals surface area contributed by atoms with Gasteiger partial charge in [-0.3, -0.25) is 4.79 Å². The normalized spacial score (nSPS) is 24.7. The third kappa shape index (κ3) is 5.65. The molecule has 2 fully saturated rings. The predicted molar refractivity (Wildman–Crippen MR) is 106 cm³/mol. The van der Waals surface area contributed by atoms with Crippen molar-refractivity contribution >= 4 is 38.4 Å². The number of sulfone groups is 1. The Labute approximate surface area is 171 Å². The molecule has 2 atom stereocenters. The number of fused-ring (bicyclic) bond motifs is 1. The number of unbranched alkanes of at least 4 members (excludes halogenated alkanes) is 2. The molecule has 2 aliphatic heterocycles. The Hall–Kier alpha value is -1.75. The van der Waals surface area contributed by atoms with E-state index in [0.717, 1.165) is 31.4 Å². The minimum atomic E-state index is -4.80.